The molecule has 0 radical (unpaired) electrons. The Balaban J connectivity index is 1.62. The Labute approximate surface area is 140 Å². The summed E-state index contributed by atoms with van der Waals surface area (Å²) in [6.07, 6.45) is 8.96. The number of hydrogen-bond acceptors (Lipinski definition) is 5. The van der Waals surface area contributed by atoms with Crippen molar-refractivity contribution in [3.05, 3.63) is 35.3 Å². The van der Waals surface area contributed by atoms with Crippen molar-refractivity contribution >= 4 is 17.9 Å². The van der Waals surface area contributed by atoms with Crippen LogP contribution in [-0.2, 0) is 9.53 Å². The largest absolute Gasteiger partial charge is 0.469 e. The van der Waals surface area contributed by atoms with Crippen molar-refractivity contribution in [3.63, 3.8) is 0 Å². The van der Waals surface area contributed by atoms with E-state index in [4.69, 9.17) is 9.15 Å². The summed E-state index contributed by atoms with van der Waals surface area (Å²) in [5, 5.41) is 4.74. The molecule has 0 unspecified atom stereocenters. The van der Waals surface area contributed by atoms with Crippen molar-refractivity contribution < 1.29 is 23.5 Å². The summed E-state index contributed by atoms with van der Waals surface area (Å²) < 4.78 is 9.81. The second-order valence-corrected chi connectivity index (χ2v) is 5.63. The van der Waals surface area contributed by atoms with Crippen LogP contribution in [0.25, 0.3) is 0 Å². The fourth-order valence-corrected chi connectivity index (χ4v) is 2.48. The highest BCUT2D eigenvalue weighted by molar-refractivity contribution is 5.97. The molecule has 0 fully saturated rings. The zero-order chi connectivity index (χ0) is 17.4. The van der Waals surface area contributed by atoms with E-state index in [1.165, 1.54) is 30.7 Å². The third kappa shape index (κ3) is 5.57. The number of aryl methyl sites for hydroxylation is 1. The molecular formula is C17H22N2O5. The molecule has 1 aromatic rings. The normalized spacial score (nSPS) is 13.8. The van der Waals surface area contributed by atoms with Crippen LogP contribution >= 0.6 is 0 Å². The third-order valence-electron chi connectivity index (χ3n) is 3.78. The molecule has 0 saturated carbocycles. The van der Waals surface area contributed by atoms with Crippen molar-refractivity contribution in [3.8, 4) is 0 Å². The number of hydrogen-bond donors (Lipinski definition) is 2. The minimum absolute atomic E-state index is 0.257. The number of carbonyl (C=O) groups excluding carboxylic acids is 3. The molecule has 24 heavy (non-hydrogen) atoms. The van der Waals surface area contributed by atoms with E-state index in [1.807, 2.05) is 0 Å². The summed E-state index contributed by atoms with van der Waals surface area (Å²) in [7, 11) is 0. The van der Waals surface area contributed by atoms with Crippen molar-refractivity contribution in [2.75, 3.05) is 13.2 Å². The van der Waals surface area contributed by atoms with E-state index in [2.05, 4.69) is 16.7 Å². The Kier molecular flexibility index (Phi) is 6.60. The highest BCUT2D eigenvalue weighted by atomic mass is 16.5. The lowest BCUT2D eigenvalue weighted by atomic mass is 9.97. The number of esters is 1. The quantitative estimate of drug-likeness (QED) is 0.615. The number of allylic oxidation sites excluding steroid dienone is 1. The SMILES string of the molecule is Cc1occc1C(=O)OCC(=O)NC(=O)NCCC1=CCCCC1. The molecule has 0 atom stereocenters. The van der Waals surface area contributed by atoms with Crippen molar-refractivity contribution in [2.24, 2.45) is 0 Å². The molecule has 7 heteroatoms. The minimum atomic E-state index is -0.682. The van der Waals surface area contributed by atoms with Gasteiger partial charge in [0.05, 0.1) is 6.26 Å². The molecule has 130 valence electrons. The maximum absolute atomic E-state index is 11.7. The highest BCUT2D eigenvalue weighted by Gasteiger charge is 2.15. The van der Waals surface area contributed by atoms with Crippen LogP contribution in [0.3, 0.4) is 0 Å². The molecule has 0 spiro atoms. The van der Waals surface area contributed by atoms with Gasteiger partial charge in [0.25, 0.3) is 5.91 Å². The van der Waals surface area contributed by atoms with Crippen LogP contribution in [0, 0.1) is 6.92 Å². The topological polar surface area (TPSA) is 97.6 Å². The second kappa shape index (κ2) is 8.90. The number of furan rings is 1. The van der Waals surface area contributed by atoms with Gasteiger partial charge in [-0.3, -0.25) is 10.1 Å². The molecule has 1 aliphatic carbocycles. The molecule has 0 aliphatic heterocycles. The van der Waals surface area contributed by atoms with Gasteiger partial charge in [-0.25, -0.2) is 9.59 Å². The van der Waals surface area contributed by atoms with E-state index < -0.39 is 24.5 Å². The van der Waals surface area contributed by atoms with Gasteiger partial charge in [-0.15, -0.1) is 0 Å². The fourth-order valence-electron chi connectivity index (χ4n) is 2.48. The molecule has 0 saturated heterocycles. The number of ether oxygens (including phenoxy) is 1. The van der Waals surface area contributed by atoms with Gasteiger partial charge in [0.2, 0.25) is 0 Å². The predicted molar refractivity (Wildman–Crippen MR) is 86.4 cm³/mol. The van der Waals surface area contributed by atoms with E-state index in [9.17, 15) is 14.4 Å². The first-order chi connectivity index (χ1) is 11.6. The Morgan fingerprint density at radius 1 is 1.29 bits per heavy atom. The van der Waals surface area contributed by atoms with Crippen LogP contribution in [0.2, 0.25) is 0 Å². The lowest BCUT2D eigenvalue weighted by Gasteiger charge is -2.13. The Morgan fingerprint density at radius 3 is 2.79 bits per heavy atom. The Morgan fingerprint density at radius 2 is 2.12 bits per heavy atom. The summed E-state index contributed by atoms with van der Waals surface area (Å²) >= 11 is 0. The number of imide groups is 1. The van der Waals surface area contributed by atoms with Crippen LogP contribution in [0.1, 0.15) is 48.2 Å². The standard InChI is InChI=1S/C17H22N2O5/c1-12-14(8-10-23-12)16(21)24-11-15(20)19-17(22)18-9-7-13-5-3-2-4-6-13/h5,8,10H,2-4,6-7,9,11H2,1H3,(H2,18,19,20,22). The van der Waals surface area contributed by atoms with Crippen LogP contribution in [0.4, 0.5) is 4.79 Å². The monoisotopic (exact) mass is 334 g/mol. The molecule has 2 rings (SSSR count). The molecule has 0 aromatic carbocycles. The van der Waals surface area contributed by atoms with Gasteiger partial charge in [-0.05, 0) is 45.1 Å². The zero-order valence-corrected chi connectivity index (χ0v) is 13.7. The number of rotatable bonds is 6. The first kappa shape index (κ1) is 17.8. The van der Waals surface area contributed by atoms with E-state index in [0.717, 1.165) is 19.3 Å². The van der Waals surface area contributed by atoms with E-state index in [-0.39, 0.29) is 5.56 Å². The van der Waals surface area contributed by atoms with Gasteiger partial charge in [0.1, 0.15) is 11.3 Å². The molecule has 7 nitrogen and oxygen atoms in total. The average Bonchev–Trinajstić information content (AvgIpc) is 3.00. The lowest BCUT2D eigenvalue weighted by Crippen LogP contribution is -2.41. The maximum Gasteiger partial charge on any atom is 0.342 e. The van der Waals surface area contributed by atoms with Crippen molar-refractivity contribution in [1.82, 2.24) is 10.6 Å². The summed E-state index contributed by atoms with van der Waals surface area (Å²) in [5.41, 5.74) is 1.60. The number of carbonyl (C=O) groups is 3. The lowest BCUT2D eigenvalue weighted by molar-refractivity contribution is -0.123. The van der Waals surface area contributed by atoms with Crippen molar-refractivity contribution in [2.45, 2.75) is 39.0 Å². The number of urea groups is 1. The van der Waals surface area contributed by atoms with Crippen molar-refractivity contribution in [1.29, 1.82) is 0 Å². The van der Waals surface area contributed by atoms with Crippen LogP contribution in [0.5, 0.6) is 0 Å². The van der Waals surface area contributed by atoms with Crippen LogP contribution in [0.15, 0.2) is 28.4 Å². The number of amides is 3. The smallest absolute Gasteiger partial charge is 0.342 e. The van der Waals surface area contributed by atoms with Gasteiger partial charge in [0, 0.05) is 6.54 Å². The van der Waals surface area contributed by atoms with Gasteiger partial charge in [0.15, 0.2) is 6.61 Å². The highest BCUT2D eigenvalue weighted by Crippen LogP contribution is 2.19. The summed E-state index contributed by atoms with van der Waals surface area (Å²) in [6, 6.07) is 0.870. The van der Waals surface area contributed by atoms with Gasteiger partial charge < -0.3 is 14.5 Å². The average molecular weight is 334 g/mol. The minimum Gasteiger partial charge on any atom is -0.469 e. The van der Waals surface area contributed by atoms with Crippen LogP contribution < -0.4 is 10.6 Å². The molecular weight excluding hydrogens is 312 g/mol. The van der Waals surface area contributed by atoms with Crippen LogP contribution in [-0.4, -0.2) is 31.1 Å². The molecule has 2 N–H and O–H groups in total. The van der Waals surface area contributed by atoms with Gasteiger partial charge in [-0.1, -0.05) is 11.6 Å². The van der Waals surface area contributed by atoms with E-state index in [0.29, 0.717) is 12.3 Å². The first-order valence-corrected chi connectivity index (χ1v) is 8.03. The predicted octanol–water partition coefficient (Wildman–Crippen LogP) is 2.46. The molecule has 3 amide bonds. The molecule has 0 bridgehead atoms. The summed E-state index contributed by atoms with van der Waals surface area (Å²) in [4.78, 5) is 34.9. The van der Waals surface area contributed by atoms with Gasteiger partial charge >= 0.3 is 12.0 Å². The second-order valence-electron chi connectivity index (χ2n) is 5.63. The summed E-state index contributed by atoms with van der Waals surface area (Å²) in [6.45, 7) is 1.56. The molecule has 1 aromatic heterocycles. The summed E-state index contributed by atoms with van der Waals surface area (Å²) in [5.74, 6) is -0.935. The van der Waals surface area contributed by atoms with E-state index in [1.54, 1.807) is 6.92 Å². The van der Waals surface area contributed by atoms with Gasteiger partial charge in [-0.2, -0.15) is 0 Å². The zero-order valence-electron chi connectivity index (χ0n) is 13.7. The molecule has 1 heterocycles. The number of nitrogens with one attached hydrogen (secondary N) is 2. The van der Waals surface area contributed by atoms with E-state index >= 15 is 0 Å². The Bertz CT molecular complexity index is 633. The molecule has 1 aliphatic rings. The first-order valence-electron chi connectivity index (χ1n) is 8.03. The third-order valence-corrected chi connectivity index (χ3v) is 3.78. The fraction of sp³-hybridized carbons (Fsp3) is 0.471. The Hall–Kier alpha value is -2.57. The maximum atomic E-state index is 11.7.